The van der Waals surface area contributed by atoms with Crippen molar-refractivity contribution in [1.82, 2.24) is 19.6 Å². The molecular weight excluding hydrogens is 513 g/mol. The number of halogens is 3. The summed E-state index contributed by atoms with van der Waals surface area (Å²) in [6, 6.07) is 9.79. The molecule has 4 rings (SSSR count). The maximum absolute atomic E-state index is 13.1. The lowest BCUT2D eigenvalue weighted by atomic mass is 10.1. The van der Waals surface area contributed by atoms with Gasteiger partial charge in [-0.05, 0) is 55.3 Å². The van der Waals surface area contributed by atoms with Crippen molar-refractivity contribution in [2.24, 2.45) is 0 Å². The predicted molar refractivity (Wildman–Crippen MR) is 125 cm³/mol. The topological polar surface area (TPSA) is 130 Å². The van der Waals surface area contributed by atoms with Gasteiger partial charge in [0.05, 0.1) is 34.0 Å². The predicted octanol–water partition coefficient (Wildman–Crippen LogP) is 3.33. The molecule has 2 aromatic carbocycles. The molecule has 0 spiro atoms. The number of amides is 1. The summed E-state index contributed by atoms with van der Waals surface area (Å²) in [7, 11) is -4.04. The number of alkyl halides is 3. The van der Waals surface area contributed by atoms with Gasteiger partial charge in [-0.15, -0.1) is 0 Å². The lowest BCUT2D eigenvalue weighted by Crippen LogP contribution is -2.45. The van der Waals surface area contributed by atoms with E-state index in [9.17, 15) is 31.2 Å². The van der Waals surface area contributed by atoms with Gasteiger partial charge in [0.25, 0.3) is 0 Å². The highest BCUT2D eigenvalue weighted by molar-refractivity contribution is 7.89. The molecule has 1 aromatic heterocycles. The van der Waals surface area contributed by atoms with Crippen molar-refractivity contribution in [2.45, 2.75) is 36.5 Å². The maximum Gasteiger partial charge on any atom is 0.416 e. The largest absolute Gasteiger partial charge is 0.478 e. The van der Waals surface area contributed by atoms with Crippen molar-refractivity contribution in [3.8, 4) is 11.3 Å². The molecule has 194 valence electrons. The molecule has 9 nitrogen and oxygen atoms in total. The monoisotopic (exact) mass is 534 g/mol. The Morgan fingerprint density at radius 3 is 2.35 bits per heavy atom. The van der Waals surface area contributed by atoms with Crippen molar-refractivity contribution in [3.05, 3.63) is 77.7 Å². The molecular formula is C24H21F3N4O5S. The minimum atomic E-state index is -4.46. The smallest absolute Gasteiger partial charge is 0.416 e. The fourth-order valence-electron chi connectivity index (χ4n) is 3.97. The third-order valence-corrected chi connectivity index (χ3v) is 7.81. The second-order valence-corrected chi connectivity index (χ2v) is 10.2. The van der Waals surface area contributed by atoms with Crippen LogP contribution >= 0.6 is 0 Å². The fraction of sp³-hybridized carbons (Fsp3) is 0.250. The summed E-state index contributed by atoms with van der Waals surface area (Å²) in [6.45, 7) is 0.0827. The van der Waals surface area contributed by atoms with Crippen molar-refractivity contribution >= 4 is 21.9 Å². The van der Waals surface area contributed by atoms with E-state index >= 15 is 0 Å². The van der Waals surface area contributed by atoms with Crippen LogP contribution in [0.4, 0.5) is 13.2 Å². The van der Waals surface area contributed by atoms with Crippen LogP contribution in [-0.2, 0) is 27.5 Å². The number of nitrogens with one attached hydrogen (secondary N) is 1. The van der Waals surface area contributed by atoms with Gasteiger partial charge in [0, 0.05) is 12.1 Å². The van der Waals surface area contributed by atoms with E-state index < -0.39 is 39.7 Å². The molecule has 1 fully saturated rings. The molecule has 1 aliphatic rings. The van der Waals surface area contributed by atoms with Crippen LogP contribution in [-0.4, -0.2) is 52.3 Å². The van der Waals surface area contributed by atoms with Gasteiger partial charge in [-0.3, -0.25) is 4.79 Å². The third-order valence-electron chi connectivity index (χ3n) is 5.89. The molecule has 3 aromatic rings. The van der Waals surface area contributed by atoms with Gasteiger partial charge in [-0.2, -0.15) is 17.5 Å². The number of aromatic nitrogens is 2. The highest BCUT2D eigenvalue weighted by atomic mass is 32.2. The van der Waals surface area contributed by atoms with Crippen LogP contribution in [0.5, 0.6) is 0 Å². The molecule has 13 heteroatoms. The average Bonchev–Trinajstić information content (AvgIpc) is 3.38. The number of carbonyl (C=O) groups is 2. The van der Waals surface area contributed by atoms with E-state index in [1.165, 1.54) is 48.8 Å². The maximum atomic E-state index is 13.1. The Morgan fingerprint density at radius 1 is 1.05 bits per heavy atom. The highest BCUT2D eigenvalue weighted by Gasteiger charge is 2.39. The lowest BCUT2D eigenvalue weighted by molar-refractivity contribution is -0.137. The first-order valence-corrected chi connectivity index (χ1v) is 12.5. The second-order valence-electron chi connectivity index (χ2n) is 8.29. The van der Waals surface area contributed by atoms with Crippen molar-refractivity contribution in [2.75, 3.05) is 6.54 Å². The quantitative estimate of drug-likeness (QED) is 0.476. The number of carbonyl (C=O) groups excluding carboxylic acids is 1. The Hall–Kier alpha value is -3.84. The van der Waals surface area contributed by atoms with E-state index in [-0.39, 0.29) is 23.5 Å². The molecule has 0 aliphatic carbocycles. The zero-order chi connectivity index (χ0) is 26.8. The number of nitrogens with zero attached hydrogens (tertiary/aromatic N) is 3. The summed E-state index contributed by atoms with van der Waals surface area (Å²) in [5, 5.41) is 11.7. The molecule has 1 atom stereocenters. The summed E-state index contributed by atoms with van der Waals surface area (Å²) >= 11 is 0. The first kappa shape index (κ1) is 26.2. The van der Waals surface area contributed by atoms with Crippen LogP contribution < -0.4 is 5.32 Å². The minimum absolute atomic E-state index is 0.0489. The second kappa shape index (κ2) is 10.3. The first-order valence-electron chi connectivity index (χ1n) is 11.1. The molecule has 0 unspecified atom stereocenters. The Morgan fingerprint density at radius 2 is 1.73 bits per heavy atom. The number of carboxylic acid groups (broad SMARTS) is 1. The Labute approximate surface area is 210 Å². The summed E-state index contributed by atoms with van der Waals surface area (Å²) in [4.78, 5) is 32.0. The first-order chi connectivity index (χ1) is 17.5. The SMILES string of the molecule is O=C(O)c1ccc(S(=O)(=O)N2CCC[C@H]2C(=O)NCc2cc(-c3ccc(C(F)(F)F)cc3)ncn2)cc1. The van der Waals surface area contributed by atoms with Crippen LogP contribution in [0.1, 0.15) is 34.5 Å². The molecule has 0 bridgehead atoms. The molecule has 2 heterocycles. The zero-order valence-electron chi connectivity index (χ0n) is 19.1. The number of benzene rings is 2. The Balaban J connectivity index is 1.44. The Kier molecular flexibility index (Phi) is 7.28. The van der Waals surface area contributed by atoms with Gasteiger partial charge in [0.1, 0.15) is 12.4 Å². The number of aromatic carboxylic acids is 1. The third kappa shape index (κ3) is 5.78. The number of hydrogen-bond acceptors (Lipinski definition) is 6. The number of rotatable bonds is 7. The molecule has 1 aliphatic heterocycles. The van der Waals surface area contributed by atoms with Gasteiger partial charge in [-0.25, -0.2) is 23.2 Å². The van der Waals surface area contributed by atoms with Gasteiger partial charge in [0.2, 0.25) is 15.9 Å². The van der Waals surface area contributed by atoms with E-state index in [2.05, 4.69) is 15.3 Å². The van der Waals surface area contributed by atoms with E-state index in [4.69, 9.17) is 5.11 Å². The van der Waals surface area contributed by atoms with E-state index in [0.29, 0.717) is 29.8 Å². The summed E-state index contributed by atoms with van der Waals surface area (Å²) in [6.07, 6.45) is -2.46. The molecule has 1 amide bonds. The van der Waals surface area contributed by atoms with Gasteiger partial charge >= 0.3 is 12.1 Å². The van der Waals surface area contributed by atoms with Crippen LogP contribution in [0.15, 0.2) is 65.8 Å². The molecule has 1 saturated heterocycles. The van der Waals surface area contributed by atoms with Crippen LogP contribution in [0.25, 0.3) is 11.3 Å². The Bertz CT molecular complexity index is 1410. The molecule has 37 heavy (non-hydrogen) atoms. The standard InChI is InChI=1S/C24H21F3N4O5S/c25-24(26,27)17-7-3-15(4-8-17)20-12-18(29-14-30-20)13-28-22(32)21-2-1-11-31(21)37(35,36)19-9-5-16(6-10-19)23(33)34/h3-10,12,14,21H,1-2,11,13H2,(H,28,32)(H,33,34)/t21-/m0/s1. The van der Waals surface area contributed by atoms with Gasteiger partial charge in [0.15, 0.2) is 0 Å². The number of sulfonamides is 1. The van der Waals surface area contributed by atoms with Crippen molar-refractivity contribution in [3.63, 3.8) is 0 Å². The number of hydrogen-bond donors (Lipinski definition) is 2. The fourth-order valence-corrected chi connectivity index (χ4v) is 5.63. The van der Waals surface area contributed by atoms with E-state index in [1.807, 2.05) is 0 Å². The minimum Gasteiger partial charge on any atom is -0.478 e. The number of carboxylic acids is 1. The van der Waals surface area contributed by atoms with E-state index in [1.54, 1.807) is 0 Å². The summed E-state index contributed by atoms with van der Waals surface area (Å²) in [5.74, 6) is -1.72. The van der Waals surface area contributed by atoms with Crippen LogP contribution in [0.3, 0.4) is 0 Å². The molecule has 2 N–H and O–H groups in total. The van der Waals surface area contributed by atoms with E-state index in [0.717, 1.165) is 16.4 Å². The molecule has 0 radical (unpaired) electrons. The summed E-state index contributed by atoms with van der Waals surface area (Å²) < 4.78 is 65.7. The molecule has 0 saturated carbocycles. The van der Waals surface area contributed by atoms with Gasteiger partial charge in [-0.1, -0.05) is 12.1 Å². The van der Waals surface area contributed by atoms with Gasteiger partial charge < -0.3 is 10.4 Å². The van der Waals surface area contributed by atoms with Crippen LogP contribution in [0, 0.1) is 0 Å². The van der Waals surface area contributed by atoms with Crippen molar-refractivity contribution < 1.29 is 36.3 Å². The highest BCUT2D eigenvalue weighted by Crippen LogP contribution is 2.31. The summed E-state index contributed by atoms with van der Waals surface area (Å²) in [5.41, 5.74) is 0.338. The normalized spacial score (nSPS) is 16.5. The zero-order valence-corrected chi connectivity index (χ0v) is 20.0. The van der Waals surface area contributed by atoms with Crippen molar-refractivity contribution in [1.29, 1.82) is 0 Å². The lowest BCUT2D eigenvalue weighted by Gasteiger charge is -2.23. The average molecular weight is 535 g/mol. The van der Waals surface area contributed by atoms with Crippen LogP contribution in [0.2, 0.25) is 0 Å².